The summed E-state index contributed by atoms with van der Waals surface area (Å²) in [6.07, 6.45) is 0. The highest BCUT2D eigenvalue weighted by atomic mass is 35.5. The van der Waals surface area contributed by atoms with Gasteiger partial charge in [-0.15, -0.1) is 0 Å². The summed E-state index contributed by atoms with van der Waals surface area (Å²) in [6, 6.07) is 1.62. The quantitative estimate of drug-likeness (QED) is 0.882. The largest absolute Gasteiger partial charge is 0.340 e. The summed E-state index contributed by atoms with van der Waals surface area (Å²) in [5.41, 5.74) is -0.0170. The van der Waals surface area contributed by atoms with E-state index in [-0.39, 0.29) is 21.5 Å². The van der Waals surface area contributed by atoms with Crippen molar-refractivity contribution in [1.29, 1.82) is 0 Å². The molecule has 1 unspecified atom stereocenters. The Kier molecular flexibility index (Phi) is 4.25. The lowest BCUT2D eigenvalue weighted by molar-refractivity contribution is 0.0932. The van der Waals surface area contributed by atoms with Gasteiger partial charge in [-0.1, -0.05) is 28.4 Å². The van der Waals surface area contributed by atoms with Crippen molar-refractivity contribution < 1.29 is 13.7 Å². The lowest BCUT2D eigenvalue weighted by atomic mass is 10.2. The molecule has 0 radical (unpaired) electrons. The number of nitrogens with zero attached hydrogens (tertiary/aromatic N) is 2. The van der Waals surface area contributed by atoms with Crippen molar-refractivity contribution in [2.24, 2.45) is 0 Å². The molecule has 1 aromatic heterocycles. The first-order chi connectivity index (χ1) is 9.38. The van der Waals surface area contributed by atoms with Crippen molar-refractivity contribution in [2.45, 2.75) is 19.9 Å². The zero-order chi connectivity index (χ0) is 14.9. The molecule has 1 aromatic carbocycles. The summed E-state index contributed by atoms with van der Waals surface area (Å²) in [4.78, 5) is 16.0. The number of nitrogens with one attached hydrogen (secondary N) is 1. The smallest absolute Gasteiger partial charge is 0.253 e. The molecule has 0 saturated heterocycles. The SMILES string of the molecule is Cc1noc(C(C)NC(=O)c2cc(F)c(Cl)cc2Cl)n1. The molecule has 0 fully saturated rings. The van der Waals surface area contributed by atoms with Crippen LogP contribution in [0.3, 0.4) is 0 Å². The molecule has 0 spiro atoms. The Balaban J connectivity index is 2.18. The lowest BCUT2D eigenvalue weighted by Gasteiger charge is -2.11. The number of rotatable bonds is 3. The van der Waals surface area contributed by atoms with E-state index in [1.54, 1.807) is 13.8 Å². The maximum absolute atomic E-state index is 13.4. The molecule has 0 aliphatic heterocycles. The average molecular weight is 318 g/mol. The lowest BCUT2D eigenvalue weighted by Crippen LogP contribution is -2.27. The van der Waals surface area contributed by atoms with Gasteiger partial charge in [0.15, 0.2) is 5.82 Å². The predicted octanol–water partition coefficient (Wildman–Crippen LogP) is 3.31. The zero-order valence-electron chi connectivity index (χ0n) is 10.6. The molecular formula is C12H10Cl2FN3O2. The van der Waals surface area contributed by atoms with Gasteiger partial charge in [0.2, 0.25) is 5.89 Å². The second kappa shape index (κ2) is 5.76. The predicted molar refractivity (Wildman–Crippen MR) is 71.3 cm³/mol. The number of aryl methyl sites for hydroxylation is 1. The number of carbonyl (C=O) groups is 1. The van der Waals surface area contributed by atoms with E-state index < -0.39 is 17.8 Å². The van der Waals surface area contributed by atoms with Crippen LogP contribution in [0.5, 0.6) is 0 Å². The minimum absolute atomic E-state index is 0.0170. The van der Waals surface area contributed by atoms with Crippen molar-refractivity contribution in [1.82, 2.24) is 15.5 Å². The highest BCUT2D eigenvalue weighted by Gasteiger charge is 2.19. The first kappa shape index (κ1) is 14.7. The van der Waals surface area contributed by atoms with E-state index >= 15 is 0 Å². The Hall–Kier alpha value is -1.66. The number of halogens is 3. The van der Waals surface area contributed by atoms with Crippen LogP contribution < -0.4 is 5.32 Å². The highest BCUT2D eigenvalue weighted by molar-refractivity contribution is 6.36. The van der Waals surface area contributed by atoms with Crippen molar-refractivity contribution in [3.63, 3.8) is 0 Å². The maximum Gasteiger partial charge on any atom is 0.253 e. The van der Waals surface area contributed by atoms with Gasteiger partial charge in [-0.25, -0.2) is 4.39 Å². The van der Waals surface area contributed by atoms with E-state index in [1.807, 2.05) is 0 Å². The number of hydrogen-bond donors (Lipinski definition) is 1. The van der Waals surface area contributed by atoms with Crippen LogP contribution in [0.4, 0.5) is 4.39 Å². The monoisotopic (exact) mass is 317 g/mol. The Morgan fingerprint density at radius 1 is 1.40 bits per heavy atom. The van der Waals surface area contributed by atoms with Crippen molar-refractivity contribution >= 4 is 29.1 Å². The molecule has 1 N–H and O–H groups in total. The van der Waals surface area contributed by atoms with Crippen LogP contribution in [0, 0.1) is 12.7 Å². The van der Waals surface area contributed by atoms with Gasteiger partial charge >= 0.3 is 0 Å². The number of amides is 1. The molecule has 0 aliphatic rings. The van der Waals surface area contributed by atoms with E-state index in [0.29, 0.717) is 5.82 Å². The van der Waals surface area contributed by atoms with E-state index in [1.165, 1.54) is 6.07 Å². The first-order valence-corrected chi connectivity index (χ1v) is 6.39. The van der Waals surface area contributed by atoms with Gasteiger partial charge in [-0.3, -0.25) is 4.79 Å². The zero-order valence-corrected chi connectivity index (χ0v) is 12.1. The van der Waals surface area contributed by atoms with Gasteiger partial charge in [0.05, 0.1) is 15.6 Å². The molecule has 1 atom stereocenters. The topological polar surface area (TPSA) is 68.0 Å². The normalized spacial score (nSPS) is 12.2. The Morgan fingerprint density at radius 2 is 2.10 bits per heavy atom. The van der Waals surface area contributed by atoms with Crippen LogP contribution in [0.25, 0.3) is 0 Å². The first-order valence-electron chi connectivity index (χ1n) is 5.64. The van der Waals surface area contributed by atoms with Crippen LogP contribution in [0.2, 0.25) is 10.0 Å². The molecule has 2 aromatic rings. The van der Waals surface area contributed by atoms with Crippen LogP contribution >= 0.6 is 23.2 Å². The Bertz CT molecular complexity index is 660. The summed E-state index contributed by atoms with van der Waals surface area (Å²) >= 11 is 11.4. The molecule has 106 valence electrons. The third kappa shape index (κ3) is 3.08. The van der Waals surface area contributed by atoms with Gasteiger partial charge in [-0.2, -0.15) is 4.98 Å². The second-order valence-electron chi connectivity index (χ2n) is 4.12. The molecule has 8 heteroatoms. The number of benzene rings is 1. The fourth-order valence-corrected chi connectivity index (χ4v) is 1.99. The van der Waals surface area contributed by atoms with Crippen LogP contribution in [-0.4, -0.2) is 16.0 Å². The van der Waals surface area contributed by atoms with Gasteiger partial charge in [0.25, 0.3) is 5.91 Å². The van der Waals surface area contributed by atoms with Crippen LogP contribution in [-0.2, 0) is 0 Å². The van der Waals surface area contributed by atoms with Gasteiger partial charge < -0.3 is 9.84 Å². The summed E-state index contributed by atoms with van der Waals surface area (Å²) in [5.74, 6) is -0.575. The molecule has 0 bridgehead atoms. The molecular weight excluding hydrogens is 308 g/mol. The fourth-order valence-electron chi connectivity index (χ4n) is 1.52. The van der Waals surface area contributed by atoms with E-state index in [9.17, 15) is 9.18 Å². The van der Waals surface area contributed by atoms with E-state index in [0.717, 1.165) is 6.07 Å². The summed E-state index contributed by atoms with van der Waals surface area (Å²) in [5, 5.41) is 6.12. The fraction of sp³-hybridized carbons (Fsp3) is 0.250. The molecule has 0 aliphatic carbocycles. The molecule has 0 saturated carbocycles. The standard InChI is InChI=1S/C12H10Cl2FN3O2/c1-5(12-17-6(2)18-20-12)16-11(19)7-3-10(15)9(14)4-8(7)13/h3-5H,1-2H3,(H,16,19). The number of hydrogen-bond acceptors (Lipinski definition) is 4. The molecule has 2 rings (SSSR count). The van der Waals surface area contributed by atoms with Crippen LogP contribution in [0.15, 0.2) is 16.7 Å². The summed E-state index contributed by atoms with van der Waals surface area (Å²) in [7, 11) is 0. The van der Waals surface area contributed by atoms with E-state index in [2.05, 4.69) is 15.5 Å². The third-order valence-electron chi connectivity index (χ3n) is 2.52. The molecule has 20 heavy (non-hydrogen) atoms. The van der Waals surface area contributed by atoms with Crippen molar-refractivity contribution in [3.8, 4) is 0 Å². The molecule has 1 amide bonds. The minimum atomic E-state index is -0.720. The number of carbonyl (C=O) groups excluding carboxylic acids is 1. The minimum Gasteiger partial charge on any atom is -0.340 e. The second-order valence-corrected chi connectivity index (χ2v) is 4.94. The number of aromatic nitrogens is 2. The maximum atomic E-state index is 13.4. The summed E-state index contributed by atoms with van der Waals surface area (Å²) < 4.78 is 18.3. The Morgan fingerprint density at radius 3 is 2.70 bits per heavy atom. The van der Waals surface area contributed by atoms with Gasteiger partial charge in [-0.05, 0) is 26.0 Å². The van der Waals surface area contributed by atoms with Gasteiger partial charge in [0, 0.05) is 0 Å². The molecule has 1 heterocycles. The van der Waals surface area contributed by atoms with Crippen LogP contribution in [0.1, 0.15) is 35.0 Å². The molecule has 5 nitrogen and oxygen atoms in total. The average Bonchev–Trinajstić information content (AvgIpc) is 2.80. The van der Waals surface area contributed by atoms with E-state index in [4.69, 9.17) is 27.7 Å². The Labute approximate surface area is 124 Å². The summed E-state index contributed by atoms with van der Waals surface area (Å²) in [6.45, 7) is 3.32. The third-order valence-corrected chi connectivity index (χ3v) is 3.12. The van der Waals surface area contributed by atoms with Crippen molar-refractivity contribution in [2.75, 3.05) is 0 Å². The van der Waals surface area contributed by atoms with Crippen molar-refractivity contribution in [3.05, 3.63) is 45.3 Å². The highest BCUT2D eigenvalue weighted by Crippen LogP contribution is 2.24. The van der Waals surface area contributed by atoms with Gasteiger partial charge in [0.1, 0.15) is 11.9 Å².